The number of thioether (sulfide) groups is 1. The van der Waals surface area contributed by atoms with Crippen LogP contribution in [0.25, 0.3) is 5.57 Å². The second-order valence-corrected chi connectivity index (χ2v) is 8.33. The summed E-state index contributed by atoms with van der Waals surface area (Å²) in [7, 11) is 0. The summed E-state index contributed by atoms with van der Waals surface area (Å²) in [6, 6.07) is 14.9. The molecule has 4 rings (SSSR count). The van der Waals surface area contributed by atoms with Crippen LogP contribution in [-0.4, -0.2) is 27.6 Å². The van der Waals surface area contributed by atoms with E-state index in [0.29, 0.717) is 32.9 Å². The van der Waals surface area contributed by atoms with Crippen molar-refractivity contribution in [2.75, 3.05) is 11.4 Å². The number of hydrogen-bond donors (Lipinski definition) is 0. The first-order valence-electron chi connectivity index (χ1n) is 8.56. The Morgan fingerprint density at radius 2 is 1.75 bits per heavy atom. The molecule has 0 aromatic heterocycles. The van der Waals surface area contributed by atoms with Crippen LogP contribution in [0, 0.1) is 0 Å². The molecule has 0 aliphatic carbocycles. The Morgan fingerprint density at radius 3 is 2.50 bits per heavy atom. The molecule has 2 aliphatic heterocycles. The van der Waals surface area contributed by atoms with Gasteiger partial charge in [-0.1, -0.05) is 78.1 Å². The molecule has 0 N–H and O–H groups in total. The van der Waals surface area contributed by atoms with Gasteiger partial charge in [0.05, 0.1) is 22.7 Å². The van der Waals surface area contributed by atoms with Crippen LogP contribution in [0.4, 0.5) is 5.69 Å². The van der Waals surface area contributed by atoms with Crippen molar-refractivity contribution in [2.24, 2.45) is 0 Å². The van der Waals surface area contributed by atoms with Crippen LogP contribution < -0.4 is 4.90 Å². The number of benzene rings is 2. The first kappa shape index (κ1) is 18.9. The summed E-state index contributed by atoms with van der Waals surface area (Å²) in [4.78, 5) is 29.7. The Kier molecular flexibility index (Phi) is 5.10. The molecule has 0 bridgehead atoms. The monoisotopic (exact) mass is 426 g/mol. The largest absolute Gasteiger partial charge is 0.303 e. The molecular weight excluding hydrogens is 412 g/mol. The molecule has 2 aromatic carbocycles. The standard InChI is InChI=1S/C21H15ClN2O2S2/c1-2-11-23-20(26)18(28-21(23)27)17-14-8-4-6-10-16(14)24(19(17)25)12-13-7-3-5-9-15(13)22/h2-10H,1,11-12H2/b18-17-. The Labute approximate surface area is 177 Å². The summed E-state index contributed by atoms with van der Waals surface area (Å²) in [5.41, 5.74) is 2.73. The van der Waals surface area contributed by atoms with Crippen molar-refractivity contribution in [3.63, 3.8) is 0 Å². The van der Waals surface area contributed by atoms with Gasteiger partial charge in [0.2, 0.25) is 0 Å². The SMILES string of the molecule is C=CCN1C(=O)/C(=C2/C(=O)N(Cc3ccccc3Cl)c3ccccc32)SC1=S. The minimum Gasteiger partial charge on any atom is -0.303 e. The molecule has 7 heteroatoms. The van der Waals surface area contributed by atoms with E-state index in [0.717, 1.165) is 28.6 Å². The highest BCUT2D eigenvalue weighted by atomic mass is 35.5. The predicted octanol–water partition coefficient (Wildman–Crippen LogP) is 4.64. The van der Waals surface area contributed by atoms with Gasteiger partial charge in [-0.3, -0.25) is 14.5 Å². The number of fused-ring (bicyclic) bond motifs is 1. The van der Waals surface area contributed by atoms with Crippen LogP contribution >= 0.6 is 35.6 Å². The number of hydrogen-bond acceptors (Lipinski definition) is 4. The summed E-state index contributed by atoms with van der Waals surface area (Å²) < 4.78 is 0.433. The molecule has 2 aromatic rings. The van der Waals surface area contributed by atoms with Gasteiger partial charge in [0.25, 0.3) is 11.8 Å². The minimum absolute atomic E-state index is 0.222. The minimum atomic E-state index is -0.257. The van der Waals surface area contributed by atoms with E-state index in [1.54, 1.807) is 17.0 Å². The summed E-state index contributed by atoms with van der Waals surface area (Å²) in [6.07, 6.45) is 1.62. The van der Waals surface area contributed by atoms with Crippen LogP contribution in [0.3, 0.4) is 0 Å². The first-order valence-corrected chi connectivity index (χ1v) is 10.2. The third-order valence-corrected chi connectivity index (χ3v) is 6.41. The van der Waals surface area contributed by atoms with E-state index in [9.17, 15) is 9.59 Å². The third kappa shape index (κ3) is 3.07. The topological polar surface area (TPSA) is 40.6 Å². The van der Waals surface area contributed by atoms with E-state index in [4.69, 9.17) is 23.8 Å². The van der Waals surface area contributed by atoms with Crippen LogP contribution in [0.5, 0.6) is 0 Å². The van der Waals surface area contributed by atoms with Crippen molar-refractivity contribution in [2.45, 2.75) is 6.54 Å². The van der Waals surface area contributed by atoms with Crippen molar-refractivity contribution >= 4 is 63.0 Å². The maximum atomic E-state index is 13.4. The molecule has 0 spiro atoms. The van der Waals surface area contributed by atoms with Gasteiger partial charge in [0.15, 0.2) is 0 Å². The van der Waals surface area contributed by atoms with Crippen molar-refractivity contribution in [3.05, 3.63) is 82.2 Å². The predicted molar refractivity (Wildman–Crippen MR) is 118 cm³/mol. The van der Waals surface area contributed by atoms with Gasteiger partial charge < -0.3 is 4.90 Å². The Hall–Kier alpha value is -2.41. The van der Waals surface area contributed by atoms with Crippen molar-refractivity contribution < 1.29 is 9.59 Å². The van der Waals surface area contributed by atoms with Crippen LogP contribution in [-0.2, 0) is 16.1 Å². The van der Waals surface area contributed by atoms with Gasteiger partial charge in [-0.2, -0.15) is 0 Å². The molecular formula is C21H15ClN2O2S2. The smallest absolute Gasteiger partial charge is 0.267 e. The Balaban J connectivity index is 1.80. The highest BCUT2D eigenvalue weighted by Crippen LogP contribution is 2.45. The zero-order valence-electron chi connectivity index (χ0n) is 14.7. The highest BCUT2D eigenvalue weighted by molar-refractivity contribution is 8.26. The van der Waals surface area contributed by atoms with E-state index in [2.05, 4.69) is 6.58 Å². The van der Waals surface area contributed by atoms with Crippen LogP contribution in [0.1, 0.15) is 11.1 Å². The fourth-order valence-electron chi connectivity index (χ4n) is 3.29. The summed E-state index contributed by atoms with van der Waals surface area (Å²) in [5, 5.41) is 0.596. The average molecular weight is 427 g/mol. The molecule has 28 heavy (non-hydrogen) atoms. The number of carbonyl (C=O) groups is 2. The highest BCUT2D eigenvalue weighted by Gasteiger charge is 2.41. The van der Waals surface area contributed by atoms with Gasteiger partial charge in [0, 0.05) is 17.1 Å². The van der Waals surface area contributed by atoms with Crippen LogP contribution in [0.15, 0.2) is 66.1 Å². The first-order chi connectivity index (χ1) is 13.5. The molecule has 0 atom stereocenters. The van der Waals surface area contributed by atoms with Gasteiger partial charge in [-0.05, 0) is 17.7 Å². The normalized spacial score (nSPS) is 18.8. The molecule has 2 aliphatic rings. The molecule has 4 nitrogen and oxygen atoms in total. The van der Waals surface area contributed by atoms with Gasteiger partial charge >= 0.3 is 0 Å². The summed E-state index contributed by atoms with van der Waals surface area (Å²) >= 11 is 12.8. The van der Waals surface area contributed by atoms with Gasteiger partial charge in [0.1, 0.15) is 4.32 Å². The molecule has 0 saturated carbocycles. The van der Waals surface area contributed by atoms with E-state index in [-0.39, 0.29) is 11.8 Å². The quantitative estimate of drug-likeness (QED) is 0.405. The number of nitrogens with zero attached hydrogens (tertiary/aromatic N) is 2. The zero-order valence-corrected chi connectivity index (χ0v) is 17.1. The number of anilines is 1. The number of para-hydroxylation sites is 1. The zero-order chi connectivity index (χ0) is 19.8. The van der Waals surface area contributed by atoms with E-state index >= 15 is 0 Å². The fourth-order valence-corrected chi connectivity index (χ4v) is 4.83. The van der Waals surface area contributed by atoms with Crippen molar-refractivity contribution in [1.29, 1.82) is 0 Å². The fraction of sp³-hybridized carbons (Fsp3) is 0.0952. The second kappa shape index (κ2) is 7.54. The van der Waals surface area contributed by atoms with Gasteiger partial charge in [-0.25, -0.2) is 0 Å². The van der Waals surface area contributed by atoms with Crippen LogP contribution in [0.2, 0.25) is 5.02 Å². The number of carbonyl (C=O) groups excluding carboxylic acids is 2. The lowest BCUT2D eigenvalue weighted by Gasteiger charge is -2.18. The number of halogens is 1. The van der Waals surface area contributed by atoms with Crippen molar-refractivity contribution in [1.82, 2.24) is 4.90 Å². The molecule has 1 saturated heterocycles. The molecule has 140 valence electrons. The third-order valence-electron chi connectivity index (χ3n) is 4.60. The number of amides is 2. The lowest BCUT2D eigenvalue weighted by atomic mass is 10.1. The Bertz CT molecular complexity index is 1060. The maximum Gasteiger partial charge on any atom is 0.267 e. The number of rotatable bonds is 4. The summed E-state index contributed by atoms with van der Waals surface area (Å²) in [6.45, 7) is 4.31. The molecule has 2 amide bonds. The molecule has 0 unspecified atom stereocenters. The molecule has 0 radical (unpaired) electrons. The average Bonchev–Trinajstić information content (AvgIpc) is 3.12. The van der Waals surface area contributed by atoms with E-state index in [1.807, 2.05) is 42.5 Å². The lowest BCUT2D eigenvalue weighted by molar-refractivity contribution is -0.122. The molecule has 2 heterocycles. The van der Waals surface area contributed by atoms with Gasteiger partial charge in [-0.15, -0.1) is 6.58 Å². The summed E-state index contributed by atoms with van der Waals surface area (Å²) in [5.74, 6) is -0.479. The second-order valence-electron chi connectivity index (χ2n) is 6.28. The lowest BCUT2D eigenvalue weighted by Crippen LogP contribution is -2.29. The Morgan fingerprint density at radius 1 is 1.04 bits per heavy atom. The number of thiocarbonyl (C=S) groups is 1. The van der Waals surface area contributed by atoms with E-state index in [1.165, 1.54) is 4.90 Å². The maximum absolute atomic E-state index is 13.4. The molecule has 1 fully saturated rings. The van der Waals surface area contributed by atoms with E-state index < -0.39 is 0 Å². The van der Waals surface area contributed by atoms with Crippen molar-refractivity contribution in [3.8, 4) is 0 Å².